The quantitative estimate of drug-likeness (QED) is 0.566. The number of carbonyl (C=O) groups is 2. The zero-order chi connectivity index (χ0) is 20.5. The molecule has 3 rings (SSSR count). The Morgan fingerprint density at radius 3 is 2.72 bits per heavy atom. The predicted molar refractivity (Wildman–Crippen MR) is 117 cm³/mol. The molecule has 29 heavy (non-hydrogen) atoms. The zero-order valence-electron chi connectivity index (χ0n) is 15.9. The molecule has 1 aromatic heterocycles. The number of nitrogens with zero attached hydrogens (tertiary/aromatic N) is 2. The number of benzene rings is 1. The lowest BCUT2D eigenvalue weighted by Crippen LogP contribution is -2.41. The second kappa shape index (κ2) is 11.5. The summed E-state index contributed by atoms with van der Waals surface area (Å²) < 4.78 is 6.08. The average Bonchev–Trinajstić information content (AvgIpc) is 3.16. The highest BCUT2D eigenvalue weighted by atomic mass is 35.5. The Bertz CT molecular complexity index is 810. The summed E-state index contributed by atoms with van der Waals surface area (Å²) in [6.45, 7) is 4.78. The van der Waals surface area contributed by atoms with Crippen LogP contribution >= 0.6 is 34.7 Å². The van der Waals surface area contributed by atoms with E-state index in [0.29, 0.717) is 17.3 Å². The third-order valence-corrected chi connectivity index (χ3v) is 6.50. The highest BCUT2D eigenvalue weighted by molar-refractivity contribution is 8.01. The van der Waals surface area contributed by atoms with Crippen LogP contribution < -0.4 is 10.6 Å². The second-order valence-corrected chi connectivity index (χ2v) is 8.95. The van der Waals surface area contributed by atoms with Crippen molar-refractivity contribution in [3.63, 3.8) is 0 Å². The molecule has 0 aliphatic carbocycles. The van der Waals surface area contributed by atoms with Gasteiger partial charge in [0.2, 0.25) is 11.8 Å². The lowest BCUT2D eigenvalue weighted by atomic mass is 10.3. The Hall–Kier alpha value is -1.65. The van der Waals surface area contributed by atoms with Gasteiger partial charge < -0.3 is 15.4 Å². The molecule has 1 fully saturated rings. The van der Waals surface area contributed by atoms with E-state index in [9.17, 15) is 9.59 Å². The summed E-state index contributed by atoms with van der Waals surface area (Å²) in [6, 6.07) is 6.96. The van der Waals surface area contributed by atoms with Crippen LogP contribution in [0.15, 0.2) is 34.0 Å². The van der Waals surface area contributed by atoms with Crippen LogP contribution in [0.1, 0.15) is 5.69 Å². The number of halogens is 1. The number of rotatable bonds is 9. The number of amides is 2. The minimum Gasteiger partial charge on any atom is -0.379 e. The van der Waals surface area contributed by atoms with Crippen molar-refractivity contribution in [3.05, 3.63) is 40.4 Å². The number of ether oxygens (including phenoxy) is 1. The molecule has 1 aliphatic rings. The number of thioether (sulfide) groups is 1. The molecule has 1 saturated heterocycles. The Morgan fingerprint density at radius 1 is 1.21 bits per heavy atom. The van der Waals surface area contributed by atoms with Crippen molar-refractivity contribution in [2.75, 3.05) is 50.5 Å². The topological polar surface area (TPSA) is 83.6 Å². The monoisotopic (exact) mass is 454 g/mol. The van der Waals surface area contributed by atoms with Crippen LogP contribution in [0.25, 0.3) is 0 Å². The van der Waals surface area contributed by atoms with Gasteiger partial charge in [0.15, 0.2) is 4.34 Å². The molecule has 0 radical (unpaired) electrons. The summed E-state index contributed by atoms with van der Waals surface area (Å²) in [5.41, 5.74) is 1.42. The minimum atomic E-state index is -0.116. The Labute approximate surface area is 183 Å². The standard InChI is InChI=1S/C19H23ClN4O3S2/c20-14-1-3-15(4-2-14)22-18(26)13-29-19-23-16(12-28-19)11-17(25)21-5-6-24-7-9-27-10-8-24/h1-4,12H,5-11,13H2,(H,21,25)(H,22,26). The molecule has 2 aromatic rings. The van der Waals surface area contributed by atoms with Crippen molar-refractivity contribution in [3.8, 4) is 0 Å². The molecular formula is C19H23ClN4O3S2. The molecule has 0 unspecified atom stereocenters. The average molecular weight is 455 g/mol. The second-order valence-electron chi connectivity index (χ2n) is 6.43. The molecule has 2 amide bonds. The van der Waals surface area contributed by atoms with Crippen LogP contribution in [-0.4, -0.2) is 66.8 Å². The van der Waals surface area contributed by atoms with E-state index < -0.39 is 0 Å². The lowest BCUT2D eigenvalue weighted by Gasteiger charge is -2.26. The summed E-state index contributed by atoms with van der Waals surface area (Å²) in [4.78, 5) is 30.8. The molecule has 0 atom stereocenters. The largest absolute Gasteiger partial charge is 0.379 e. The van der Waals surface area contributed by atoms with Crippen molar-refractivity contribution >= 4 is 52.2 Å². The van der Waals surface area contributed by atoms with Gasteiger partial charge in [0.25, 0.3) is 0 Å². The first-order valence-corrected chi connectivity index (χ1v) is 11.5. The Kier molecular flexibility index (Phi) is 8.75. The molecule has 0 spiro atoms. The highest BCUT2D eigenvalue weighted by Gasteiger charge is 2.12. The van der Waals surface area contributed by atoms with Crippen LogP contribution in [-0.2, 0) is 20.7 Å². The fourth-order valence-corrected chi connectivity index (χ4v) is 4.47. The molecule has 1 aromatic carbocycles. The van der Waals surface area contributed by atoms with Crippen LogP contribution in [0.5, 0.6) is 0 Å². The van der Waals surface area contributed by atoms with Gasteiger partial charge in [0, 0.05) is 42.3 Å². The van der Waals surface area contributed by atoms with E-state index in [4.69, 9.17) is 16.3 Å². The molecule has 1 aliphatic heterocycles. The lowest BCUT2D eigenvalue weighted by molar-refractivity contribution is -0.120. The van der Waals surface area contributed by atoms with Gasteiger partial charge in [-0.15, -0.1) is 11.3 Å². The molecular weight excluding hydrogens is 432 g/mol. The van der Waals surface area contributed by atoms with Gasteiger partial charge >= 0.3 is 0 Å². The summed E-state index contributed by atoms with van der Waals surface area (Å²) in [5.74, 6) is 0.0944. The third kappa shape index (κ3) is 7.94. The normalized spacial score (nSPS) is 14.5. The van der Waals surface area contributed by atoms with Gasteiger partial charge in [0.1, 0.15) is 0 Å². The fourth-order valence-electron chi connectivity index (χ4n) is 2.70. The summed E-state index contributed by atoms with van der Waals surface area (Å²) in [7, 11) is 0. The molecule has 7 nitrogen and oxygen atoms in total. The number of hydrogen-bond acceptors (Lipinski definition) is 7. The number of hydrogen-bond donors (Lipinski definition) is 2. The minimum absolute atomic E-state index is 0.0411. The Morgan fingerprint density at radius 2 is 1.97 bits per heavy atom. The van der Waals surface area contributed by atoms with Gasteiger partial charge in [-0.05, 0) is 24.3 Å². The van der Waals surface area contributed by atoms with Gasteiger partial charge in [0.05, 0.1) is 31.1 Å². The van der Waals surface area contributed by atoms with Crippen molar-refractivity contribution in [1.82, 2.24) is 15.2 Å². The first-order valence-electron chi connectivity index (χ1n) is 9.28. The van der Waals surface area contributed by atoms with Gasteiger partial charge in [-0.1, -0.05) is 23.4 Å². The summed E-state index contributed by atoms with van der Waals surface area (Å²) in [6.07, 6.45) is 0.247. The molecule has 0 saturated carbocycles. The Balaban J connectivity index is 1.34. The number of thiazole rings is 1. The third-order valence-electron chi connectivity index (χ3n) is 4.18. The molecule has 10 heteroatoms. The van der Waals surface area contributed by atoms with Gasteiger partial charge in [-0.3, -0.25) is 14.5 Å². The molecule has 2 N–H and O–H groups in total. The maximum absolute atomic E-state index is 12.1. The zero-order valence-corrected chi connectivity index (χ0v) is 18.2. The first kappa shape index (κ1) is 22.0. The highest BCUT2D eigenvalue weighted by Crippen LogP contribution is 2.23. The van der Waals surface area contributed by atoms with Crippen molar-refractivity contribution in [2.45, 2.75) is 10.8 Å². The molecule has 2 heterocycles. The van der Waals surface area contributed by atoms with E-state index in [1.165, 1.54) is 23.1 Å². The summed E-state index contributed by atoms with van der Waals surface area (Å²) >= 11 is 8.63. The first-order chi connectivity index (χ1) is 14.1. The van der Waals surface area contributed by atoms with E-state index >= 15 is 0 Å². The van der Waals surface area contributed by atoms with E-state index in [0.717, 1.165) is 42.9 Å². The van der Waals surface area contributed by atoms with Crippen LogP contribution in [0.2, 0.25) is 5.02 Å². The number of anilines is 1. The maximum atomic E-state index is 12.1. The van der Waals surface area contributed by atoms with Crippen molar-refractivity contribution in [2.24, 2.45) is 0 Å². The van der Waals surface area contributed by atoms with Crippen LogP contribution in [0.3, 0.4) is 0 Å². The molecule has 0 bridgehead atoms. The fraction of sp³-hybridized carbons (Fsp3) is 0.421. The number of morpholine rings is 1. The smallest absolute Gasteiger partial charge is 0.234 e. The predicted octanol–water partition coefficient (Wildman–Crippen LogP) is 2.52. The van der Waals surface area contributed by atoms with Gasteiger partial charge in [-0.25, -0.2) is 4.98 Å². The van der Waals surface area contributed by atoms with E-state index in [1.54, 1.807) is 24.3 Å². The number of carbonyl (C=O) groups excluding carboxylic acids is 2. The van der Waals surface area contributed by atoms with Gasteiger partial charge in [-0.2, -0.15) is 0 Å². The van der Waals surface area contributed by atoms with E-state index in [1.807, 2.05) is 5.38 Å². The number of aromatic nitrogens is 1. The number of nitrogens with one attached hydrogen (secondary N) is 2. The van der Waals surface area contributed by atoms with Crippen LogP contribution in [0, 0.1) is 0 Å². The SMILES string of the molecule is O=C(Cc1csc(SCC(=O)Nc2ccc(Cl)cc2)n1)NCCN1CCOCC1. The van der Waals surface area contributed by atoms with Crippen molar-refractivity contribution in [1.29, 1.82) is 0 Å². The van der Waals surface area contributed by atoms with E-state index in [-0.39, 0.29) is 24.0 Å². The summed E-state index contributed by atoms with van der Waals surface area (Å²) in [5, 5.41) is 8.23. The van der Waals surface area contributed by atoms with E-state index in [2.05, 4.69) is 20.5 Å². The van der Waals surface area contributed by atoms with Crippen LogP contribution in [0.4, 0.5) is 5.69 Å². The van der Waals surface area contributed by atoms with Crippen molar-refractivity contribution < 1.29 is 14.3 Å². The molecule has 156 valence electrons. The maximum Gasteiger partial charge on any atom is 0.234 e.